The van der Waals surface area contributed by atoms with Crippen molar-refractivity contribution in [2.45, 2.75) is 32.5 Å². The van der Waals surface area contributed by atoms with Gasteiger partial charge < -0.3 is 14.9 Å². The van der Waals surface area contributed by atoms with E-state index in [-0.39, 0.29) is 17.9 Å². The van der Waals surface area contributed by atoms with Crippen molar-refractivity contribution in [1.82, 2.24) is 0 Å². The van der Waals surface area contributed by atoms with Gasteiger partial charge in [-0.2, -0.15) is 0 Å². The third-order valence-corrected chi connectivity index (χ3v) is 2.88. The van der Waals surface area contributed by atoms with Crippen molar-refractivity contribution in [3.63, 3.8) is 0 Å². The van der Waals surface area contributed by atoms with Crippen LogP contribution in [0.25, 0.3) is 0 Å². The zero-order valence-corrected chi connectivity index (χ0v) is 11.6. The second-order valence-corrected chi connectivity index (χ2v) is 4.44. The summed E-state index contributed by atoms with van der Waals surface area (Å²) >= 11 is 0. The predicted molar refractivity (Wildman–Crippen MR) is 70.0 cm³/mol. The smallest absolute Gasteiger partial charge is 0.308 e. The summed E-state index contributed by atoms with van der Waals surface area (Å²) in [6.45, 7) is 3.03. The number of hydrogen-bond donors (Lipinski definition) is 2. The van der Waals surface area contributed by atoms with Crippen molar-refractivity contribution in [1.29, 1.82) is 0 Å². The van der Waals surface area contributed by atoms with E-state index in [2.05, 4.69) is 4.74 Å². The van der Waals surface area contributed by atoms with Crippen LogP contribution in [0.15, 0.2) is 12.1 Å². The highest BCUT2D eigenvalue weighted by molar-refractivity contribution is 5.70. The average Bonchev–Trinajstić information content (AvgIpc) is 2.37. The van der Waals surface area contributed by atoms with Gasteiger partial charge in [0.15, 0.2) is 0 Å². The number of esters is 1. The number of carbonyl (C=O) groups excluding carboxylic acids is 1. The van der Waals surface area contributed by atoms with E-state index < -0.39 is 40.9 Å². The van der Waals surface area contributed by atoms with Crippen LogP contribution >= 0.6 is 0 Å². The molecule has 0 aliphatic carbocycles. The van der Waals surface area contributed by atoms with Crippen molar-refractivity contribution in [2.75, 3.05) is 6.61 Å². The Morgan fingerprint density at radius 1 is 1.48 bits per heavy atom. The largest absolute Gasteiger partial charge is 0.466 e. The maximum atomic E-state index is 13.8. The molecule has 2 atom stereocenters. The molecule has 1 rings (SSSR count). The van der Waals surface area contributed by atoms with Crippen LogP contribution in [0.4, 0.5) is 10.1 Å². The molecule has 0 amide bonds. The first-order valence-corrected chi connectivity index (χ1v) is 6.24. The van der Waals surface area contributed by atoms with Gasteiger partial charge in [-0.1, -0.05) is 0 Å². The molecule has 0 aliphatic heterocycles. The van der Waals surface area contributed by atoms with E-state index in [0.29, 0.717) is 0 Å². The van der Waals surface area contributed by atoms with Gasteiger partial charge in [0, 0.05) is 17.2 Å². The van der Waals surface area contributed by atoms with Crippen LogP contribution in [-0.2, 0) is 9.53 Å². The molecule has 0 radical (unpaired) electrons. The minimum Gasteiger partial charge on any atom is -0.466 e. The fourth-order valence-electron chi connectivity index (χ4n) is 1.81. The first-order chi connectivity index (χ1) is 9.77. The highest BCUT2D eigenvalue weighted by atomic mass is 19.1. The summed E-state index contributed by atoms with van der Waals surface area (Å²) in [4.78, 5) is 21.3. The van der Waals surface area contributed by atoms with Crippen LogP contribution in [0.3, 0.4) is 0 Å². The Morgan fingerprint density at radius 3 is 2.62 bits per heavy atom. The number of carbonyl (C=O) groups is 1. The molecule has 0 spiro atoms. The first-order valence-electron chi connectivity index (χ1n) is 6.24. The number of aliphatic hydroxyl groups excluding tert-OH is 2. The maximum absolute atomic E-state index is 13.8. The molecule has 0 heterocycles. The van der Waals surface area contributed by atoms with Gasteiger partial charge in [0.05, 0.1) is 24.1 Å². The van der Waals surface area contributed by atoms with Gasteiger partial charge in [0.25, 0.3) is 5.69 Å². The molecular formula is C13H16FNO6. The molecule has 2 unspecified atom stereocenters. The third kappa shape index (κ3) is 4.20. The molecule has 1 aromatic rings. The Balaban J connectivity index is 3.01. The molecule has 0 aromatic heterocycles. The molecule has 21 heavy (non-hydrogen) atoms. The molecule has 0 bridgehead atoms. The molecular weight excluding hydrogens is 285 g/mol. The number of nitro benzene ring substituents is 1. The maximum Gasteiger partial charge on any atom is 0.308 e. The van der Waals surface area contributed by atoms with Crippen LogP contribution in [0.2, 0.25) is 0 Å². The van der Waals surface area contributed by atoms with Crippen LogP contribution < -0.4 is 0 Å². The monoisotopic (exact) mass is 301 g/mol. The summed E-state index contributed by atoms with van der Waals surface area (Å²) < 4.78 is 18.4. The number of aryl methyl sites for hydroxylation is 1. The standard InChI is InChI=1S/C13H16FNO6/c1-3-21-12(17)6-11(16)13(18)8-5-10(15(19)20)7(2)4-9(8)14/h4-5,11,13,16,18H,3,6H2,1-2H3. The van der Waals surface area contributed by atoms with Crippen molar-refractivity contribution in [2.24, 2.45) is 0 Å². The molecule has 8 heteroatoms. The molecule has 7 nitrogen and oxygen atoms in total. The van der Waals surface area contributed by atoms with Gasteiger partial charge in [-0.25, -0.2) is 4.39 Å². The highest BCUT2D eigenvalue weighted by Gasteiger charge is 2.27. The van der Waals surface area contributed by atoms with Gasteiger partial charge in [-0.15, -0.1) is 0 Å². The van der Waals surface area contributed by atoms with E-state index in [1.807, 2.05) is 0 Å². The van der Waals surface area contributed by atoms with E-state index >= 15 is 0 Å². The summed E-state index contributed by atoms with van der Waals surface area (Å²) in [5.74, 6) is -1.65. The fourth-order valence-corrected chi connectivity index (χ4v) is 1.81. The lowest BCUT2D eigenvalue weighted by molar-refractivity contribution is -0.385. The molecule has 0 fully saturated rings. The number of nitro groups is 1. The number of rotatable bonds is 6. The highest BCUT2D eigenvalue weighted by Crippen LogP contribution is 2.28. The van der Waals surface area contributed by atoms with Gasteiger partial charge in [0.1, 0.15) is 11.9 Å². The topological polar surface area (TPSA) is 110 Å². The van der Waals surface area contributed by atoms with Crippen LogP contribution in [0.5, 0.6) is 0 Å². The third-order valence-electron chi connectivity index (χ3n) is 2.88. The number of benzene rings is 1. The summed E-state index contributed by atoms with van der Waals surface area (Å²) in [5.41, 5.74) is -0.730. The number of nitrogens with zero attached hydrogens (tertiary/aromatic N) is 1. The average molecular weight is 301 g/mol. The Morgan fingerprint density at radius 2 is 2.10 bits per heavy atom. The second kappa shape index (κ2) is 7.09. The summed E-state index contributed by atoms with van der Waals surface area (Å²) in [7, 11) is 0. The summed E-state index contributed by atoms with van der Waals surface area (Å²) in [6.07, 6.45) is -3.94. The normalized spacial score (nSPS) is 13.6. The first kappa shape index (κ1) is 17.0. The lowest BCUT2D eigenvalue weighted by Gasteiger charge is -2.18. The quantitative estimate of drug-likeness (QED) is 0.467. The lowest BCUT2D eigenvalue weighted by Crippen LogP contribution is -2.24. The van der Waals surface area contributed by atoms with Crippen LogP contribution in [0, 0.1) is 22.9 Å². The zero-order valence-electron chi connectivity index (χ0n) is 11.6. The Kier molecular flexibility index (Phi) is 5.74. The van der Waals surface area contributed by atoms with Crippen LogP contribution in [-0.4, -0.2) is 33.8 Å². The second-order valence-electron chi connectivity index (χ2n) is 4.44. The number of aliphatic hydroxyl groups is 2. The summed E-state index contributed by atoms with van der Waals surface area (Å²) in [6, 6.07) is 1.75. The predicted octanol–water partition coefficient (Wildman–Crippen LogP) is 1.39. The minimum absolute atomic E-state index is 0.0910. The molecule has 0 saturated heterocycles. The van der Waals surface area contributed by atoms with E-state index in [9.17, 15) is 29.5 Å². The molecule has 0 aliphatic rings. The Labute approximate surface area is 120 Å². The Bertz CT molecular complexity index is 548. The van der Waals surface area contributed by atoms with Crippen molar-refractivity contribution in [3.8, 4) is 0 Å². The van der Waals surface area contributed by atoms with Gasteiger partial charge in [-0.05, 0) is 19.9 Å². The number of halogens is 1. The van der Waals surface area contributed by atoms with Gasteiger partial charge >= 0.3 is 5.97 Å². The SMILES string of the molecule is CCOC(=O)CC(O)C(O)c1cc([N+](=O)[O-])c(C)cc1F. The van der Waals surface area contributed by atoms with E-state index in [4.69, 9.17) is 0 Å². The van der Waals surface area contributed by atoms with E-state index in [1.54, 1.807) is 6.92 Å². The van der Waals surface area contributed by atoms with Gasteiger partial charge in [0.2, 0.25) is 0 Å². The number of hydrogen-bond acceptors (Lipinski definition) is 6. The fraction of sp³-hybridized carbons (Fsp3) is 0.462. The molecule has 2 N–H and O–H groups in total. The molecule has 0 saturated carbocycles. The van der Waals surface area contributed by atoms with E-state index in [0.717, 1.165) is 12.1 Å². The number of ether oxygens (including phenoxy) is 1. The summed E-state index contributed by atoms with van der Waals surface area (Å²) in [5, 5.41) is 30.4. The molecule has 1 aromatic carbocycles. The van der Waals surface area contributed by atoms with Crippen molar-refractivity contribution < 1.29 is 29.1 Å². The molecule has 116 valence electrons. The van der Waals surface area contributed by atoms with Gasteiger partial charge in [-0.3, -0.25) is 14.9 Å². The van der Waals surface area contributed by atoms with Crippen molar-refractivity contribution in [3.05, 3.63) is 39.2 Å². The zero-order chi connectivity index (χ0) is 16.2. The van der Waals surface area contributed by atoms with Crippen molar-refractivity contribution >= 4 is 11.7 Å². The lowest BCUT2D eigenvalue weighted by atomic mass is 9.99. The van der Waals surface area contributed by atoms with Crippen LogP contribution in [0.1, 0.15) is 30.6 Å². The minimum atomic E-state index is -1.77. The van der Waals surface area contributed by atoms with E-state index in [1.165, 1.54) is 6.92 Å². The Hall–Kier alpha value is -2.06.